The molecule has 1 aromatic heterocycles. The molecule has 1 amide bonds. The molecule has 0 aliphatic carbocycles. The van der Waals surface area contributed by atoms with Crippen molar-refractivity contribution in [1.82, 2.24) is 24.9 Å². The highest BCUT2D eigenvalue weighted by molar-refractivity contribution is 5.78. The summed E-state index contributed by atoms with van der Waals surface area (Å²) in [6, 6.07) is 10.6. The molecule has 1 aliphatic rings. The van der Waals surface area contributed by atoms with Crippen molar-refractivity contribution in [2.24, 2.45) is 0 Å². The van der Waals surface area contributed by atoms with Crippen LogP contribution in [0, 0.1) is 0 Å². The number of carbonyl (C=O) groups is 1. The molecule has 0 spiro atoms. The molecular formula is C19H27N5O. The molecule has 134 valence electrons. The van der Waals surface area contributed by atoms with Gasteiger partial charge in [-0.05, 0) is 44.6 Å². The summed E-state index contributed by atoms with van der Waals surface area (Å²) in [6.45, 7) is 3.11. The maximum atomic E-state index is 12.1. The van der Waals surface area contributed by atoms with Crippen molar-refractivity contribution >= 4 is 5.91 Å². The van der Waals surface area contributed by atoms with E-state index in [-0.39, 0.29) is 5.91 Å². The molecule has 0 radical (unpaired) electrons. The molecule has 0 saturated carbocycles. The SMILES string of the molecule is CN(C)[C@H]1CCN(CC(=O)NCCc2cnn(-c3ccccc3)c2)C1. The Labute approximate surface area is 149 Å². The lowest BCUT2D eigenvalue weighted by Crippen LogP contribution is -2.38. The van der Waals surface area contributed by atoms with Crippen LogP contribution in [-0.2, 0) is 11.2 Å². The fraction of sp³-hybridized carbons (Fsp3) is 0.474. The first kappa shape index (κ1) is 17.6. The van der Waals surface area contributed by atoms with E-state index < -0.39 is 0 Å². The van der Waals surface area contributed by atoms with Gasteiger partial charge in [0, 0.05) is 31.9 Å². The minimum Gasteiger partial charge on any atom is -0.355 e. The Bertz CT molecular complexity index is 682. The lowest BCUT2D eigenvalue weighted by atomic mass is 10.2. The molecule has 0 unspecified atom stereocenters. The molecule has 2 heterocycles. The minimum atomic E-state index is 0.106. The first-order valence-corrected chi connectivity index (χ1v) is 8.86. The highest BCUT2D eigenvalue weighted by Crippen LogP contribution is 2.12. The Morgan fingerprint density at radius 2 is 2.12 bits per heavy atom. The third kappa shape index (κ3) is 4.90. The lowest BCUT2D eigenvalue weighted by Gasteiger charge is -2.20. The largest absolute Gasteiger partial charge is 0.355 e. The number of amides is 1. The molecule has 1 saturated heterocycles. The Hall–Kier alpha value is -2.18. The summed E-state index contributed by atoms with van der Waals surface area (Å²) in [5.74, 6) is 0.106. The molecule has 3 rings (SSSR count). The van der Waals surface area contributed by atoms with Crippen molar-refractivity contribution in [3.05, 3.63) is 48.3 Å². The number of benzene rings is 1. The fourth-order valence-electron chi connectivity index (χ4n) is 3.19. The van der Waals surface area contributed by atoms with Crippen LogP contribution in [0.1, 0.15) is 12.0 Å². The lowest BCUT2D eigenvalue weighted by molar-refractivity contribution is -0.122. The highest BCUT2D eigenvalue weighted by atomic mass is 16.2. The van der Waals surface area contributed by atoms with Crippen molar-refractivity contribution in [1.29, 1.82) is 0 Å². The van der Waals surface area contributed by atoms with Crippen molar-refractivity contribution in [3.63, 3.8) is 0 Å². The normalized spacial score (nSPS) is 18.0. The number of para-hydroxylation sites is 1. The molecule has 1 aliphatic heterocycles. The number of nitrogens with zero attached hydrogens (tertiary/aromatic N) is 4. The second-order valence-corrected chi connectivity index (χ2v) is 6.87. The molecule has 6 nitrogen and oxygen atoms in total. The molecule has 0 bridgehead atoms. The zero-order valence-electron chi connectivity index (χ0n) is 15.1. The smallest absolute Gasteiger partial charge is 0.234 e. The maximum absolute atomic E-state index is 12.1. The second-order valence-electron chi connectivity index (χ2n) is 6.87. The number of rotatable bonds is 7. The molecule has 1 fully saturated rings. The summed E-state index contributed by atoms with van der Waals surface area (Å²) in [6.07, 6.45) is 5.81. The first-order chi connectivity index (χ1) is 12.1. The topological polar surface area (TPSA) is 53.4 Å². The van der Waals surface area contributed by atoms with Crippen LogP contribution >= 0.6 is 0 Å². The van der Waals surface area contributed by atoms with Gasteiger partial charge in [0.05, 0.1) is 18.4 Å². The number of likely N-dealkylation sites (tertiary alicyclic amines) is 1. The number of nitrogens with one attached hydrogen (secondary N) is 1. The summed E-state index contributed by atoms with van der Waals surface area (Å²) in [5.41, 5.74) is 2.17. The van der Waals surface area contributed by atoms with Gasteiger partial charge >= 0.3 is 0 Å². The van der Waals surface area contributed by atoms with Crippen molar-refractivity contribution in [2.75, 3.05) is 40.3 Å². The quantitative estimate of drug-likeness (QED) is 0.821. The van der Waals surface area contributed by atoms with E-state index in [0.717, 1.165) is 37.2 Å². The second kappa shape index (κ2) is 8.27. The van der Waals surface area contributed by atoms with Gasteiger partial charge in [0.2, 0.25) is 5.91 Å². The van der Waals surface area contributed by atoms with Crippen LogP contribution < -0.4 is 5.32 Å². The molecule has 6 heteroatoms. The van der Waals surface area contributed by atoms with Gasteiger partial charge in [-0.3, -0.25) is 9.69 Å². The predicted molar refractivity (Wildman–Crippen MR) is 98.8 cm³/mol. The van der Waals surface area contributed by atoms with Gasteiger partial charge in [-0.15, -0.1) is 0 Å². The Kier molecular flexibility index (Phi) is 5.83. The van der Waals surface area contributed by atoms with Crippen LogP contribution in [0.2, 0.25) is 0 Å². The van der Waals surface area contributed by atoms with Gasteiger partial charge in [0.1, 0.15) is 0 Å². The number of aromatic nitrogens is 2. The van der Waals surface area contributed by atoms with Crippen LogP contribution in [0.15, 0.2) is 42.7 Å². The fourth-order valence-corrected chi connectivity index (χ4v) is 3.19. The molecule has 25 heavy (non-hydrogen) atoms. The maximum Gasteiger partial charge on any atom is 0.234 e. The Morgan fingerprint density at radius 3 is 2.84 bits per heavy atom. The molecule has 1 atom stereocenters. The van der Waals surface area contributed by atoms with Gasteiger partial charge in [-0.25, -0.2) is 4.68 Å². The monoisotopic (exact) mass is 341 g/mol. The van der Waals surface area contributed by atoms with E-state index in [1.54, 1.807) is 0 Å². The van der Waals surface area contributed by atoms with E-state index in [4.69, 9.17) is 0 Å². The molecule has 2 aromatic rings. The first-order valence-electron chi connectivity index (χ1n) is 8.86. The van der Waals surface area contributed by atoms with E-state index in [9.17, 15) is 4.79 Å². The minimum absolute atomic E-state index is 0.106. The van der Waals surface area contributed by atoms with Crippen molar-refractivity contribution in [2.45, 2.75) is 18.9 Å². The van der Waals surface area contributed by atoms with Crippen LogP contribution in [0.4, 0.5) is 0 Å². The zero-order valence-corrected chi connectivity index (χ0v) is 15.1. The van der Waals surface area contributed by atoms with E-state index in [1.165, 1.54) is 0 Å². The molecular weight excluding hydrogens is 314 g/mol. The summed E-state index contributed by atoms with van der Waals surface area (Å²) in [4.78, 5) is 16.6. The van der Waals surface area contributed by atoms with Gasteiger partial charge in [-0.2, -0.15) is 5.10 Å². The van der Waals surface area contributed by atoms with Gasteiger partial charge < -0.3 is 10.2 Å². The summed E-state index contributed by atoms with van der Waals surface area (Å²) in [5, 5.41) is 7.40. The van der Waals surface area contributed by atoms with Crippen molar-refractivity contribution in [3.8, 4) is 5.69 Å². The summed E-state index contributed by atoms with van der Waals surface area (Å²) >= 11 is 0. The third-order valence-corrected chi connectivity index (χ3v) is 4.74. The summed E-state index contributed by atoms with van der Waals surface area (Å²) in [7, 11) is 4.20. The molecule has 1 aromatic carbocycles. The van der Waals surface area contributed by atoms with E-state index in [0.29, 0.717) is 19.1 Å². The summed E-state index contributed by atoms with van der Waals surface area (Å²) < 4.78 is 1.86. The number of hydrogen-bond acceptors (Lipinski definition) is 4. The molecule has 1 N–H and O–H groups in total. The predicted octanol–water partition coefficient (Wildman–Crippen LogP) is 1.17. The standard InChI is InChI=1S/C19H27N5O/c1-22(2)18-9-11-23(14-18)15-19(25)20-10-8-16-12-21-24(13-16)17-6-4-3-5-7-17/h3-7,12-13,18H,8-11,14-15H2,1-2H3,(H,20,25)/t18-/m0/s1. The number of likely N-dealkylation sites (N-methyl/N-ethyl adjacent to an activating group) is 1. The average molecular weight is 341 g/mol. The van der Waals surface area contributed by atoms with E-state index in [2.05, 4.69) is 34.3 Å². The highest BCUT2D eigenvalue weighted by Gasteiger charge is 2.24. The van der Waals surface area contributed by atoms with Crippen LogP contribution in [-0.4, -0.2) is 71.8 Å². The van der Waals surface area contributed by atoms with Gasteiger partial charge in [-0.1, -0.05) is 18.2 Å². The van der Waals surface area contributed by atoms with Crippen molar-refractivity contribution < 1.29 is 4.79 Å². The Balaban J connectivity index is 1.40. The average Bonchev–Trinajstić information content (AvgIpc) is 3.25. The van der Waals surface area contributed by atoms with E-state index >= 15 is 0 Å². The van der Waals surface area contributed by atoms with Crippen LogP contribution in [0.25, 0.3) is 5.69 Å². The van der Waals surface area contributed by atoms with Crippen LogP contribution in [0.3, 0.4) is 0 Å². The van der Waals surface area contributed by atoms with Gasteiger partial charge in [0.15, 0.2) is 0 Å². The van der Waals surface area contributed by atoms with E-state index in [1.807, 2.05) is 47.4 Å². The van der Waals surface area contributed by atoms with Crippen LogP contribution in [0.5, 0.6) is 0 Å². The zero-order chi connectivity index (χ0) is 17.6. The third-order valence-electron chi connectivity index (χ3n) is 4.74. The Morgan fingerprint density at radius 1 is 1.32 bits per heavy atom. The number of hydrogen-bond donors (Lipinski definition) is 1. The number of carbonyl (C=O) groups excluding carboxylic acids is 1. The van der Waals surface area contributed by atoms with Gasteiger partial charge in [0.25, 0.3) is 0 Å².